The molecule has 2 aromatic rings. The molecule has 1 aromatic carbocycles. The third-order valence-corrected chi connectivity index (χ3v) is 9.63. The number of nitrogens with one attached hydrogen (secondary N) is 1. The number of carbonyl (C=O) groups excluding carboxylic acids is 3. The van der Waals surface area contributed by atoms with Crippen molar-refractivity contribution in [2.75, 3.05) is 13.1 Å². The Morgan fingerprint density at radius 3 is 2.28 bits per heavy atom. The van der Waals surface area contributed by atoms with E-state index in [0.29, 0.717) is 18.3 Å². The van der Waals surface area contributed by atoms with Crippen LogP contribution in [0.1, 0.15) is 88.7 Å². The number of carboxylic acid groups (broad SMARTS) is 1. The second-order valence-corrected chi connectivity index (χ2v) is 12.7. The number of halogens is 3. The first-order valence-electron chi connectivity index (χ1n) is 16.2. The number of likely N-dealkylation sites (tertiary alicyclic amines) is 1. The molecule has 1 aliphatic carbocycles. The lowest BCUT2D eigenvalue weighted by Crippen LogP contribution is -2.50. The molecule has 3 aliphatic rings. The number of fused-ring (bicyclic) bond motifs is 1. The molecule has 2 saturated heterocycles. The number of piperidine rings is 2. The first kappa shape index (κ1) is 35.2. The number of aromatic nitrogens is 2. The van der Waals surface area contributed by atoms with E-state index in [-0.39, 0.29) is 30.0 Å². The summed E-state index contributed by atoms with van der Waals surface area (Å²) in [5.74, 6) is -2.31. The van der Waals surface area contributed by atoms with Gasteiger partial charge in [-0.1, -0.05) is 44.2 Å². The van der Waals surface area contributed by atoms with Crippen LogP contribution >= 0.6 is 0 Å². The maximum Gasteiger partial charge on any atom is 0.490 e. The first-order chi connectivity index (χ1) is 21.8. The summed E-state index contributed by atoms with van der Waals surface area (Å²) in [5.41, 5.74) is 8.88. The van der Waals surface area contributed by atoms with Crippen molar-refractivity contribution >= 4 is 34.7 Å². The molecule has 1 aromatic heterocycles. The lowest BCUT2D eigenvalue weighted by molar-refractivity contribution is -0.192. The number of imide groups is 1. The van der Waals surface area contributed by atoms with Crippen LogP contribution in [0.3, 0.4) is 0 Å². The van der Waals surface area contributed by atoms with Crippen molar-refractivity contribution in [2.24, 2.45) is 24.6 Å². The van der Waals surface area contributed by atoms with E-state index in [2.05, 4.69) is 11.4 Å². The van der Waals surface area contributed by atoms with Gasteiger partial charge >= 0.3 is 17.8 Å². The Morgan fingerprint density at radius 1 is 1.02 bits per heavy atom. The molecule has 0 bridgehead atoms. The summed E-state index contributed by atoms with van der Waals surface area (Å²) in [6.45, 7) is 1.64. The van der Waals surface area contributed by atoms with Crippen molar-refractivity contribution < 1.29 is 37.5 Å². The molecule has 0 spiro atoms. The average Bonchev–Trinajstić information content (AvgIpc) is 3.29. The van der Waals surface area contributed by atoms with Gasteiger partial charge in [-0.2, -0.15) is 13.2 Å². The Kier molecular flexibility index (Phi) is 11.7. The van der Waals surface area contributed by atoms with Crippen LogP contribution in [0.25, 0.3) is 11.0 Å². The van der Waals surface area contributed by atoms with Crippen molar-refractivity contribution in [1.29, 1.82) is 0 Å². The lowest BCUT2D eigenvalue weighted by atomic mass is 9.83. The number of hydrogen-bond donors (Lipinski definition) is 3. The minimum absolute atomic E-state index is 0.156. The summed E-state index contributed by atoms with van der Waals surface area (Å²) in [4.78, 5) is 61.1. The van der Waals surface area contributed by atoms with E-state index in [9.17, 15) is 32.3 Å². The highest BCUT2D eigenvalue weighted by atomic mass is 19.4. The Bertz CT molecular complexity index is 1470. The fourth-order valence-electron chi connectivity index (χ4n) is 7.05. The van der Waals surface area contributed by atoms with Gasteiger partial charge in [-0.25, -0.2) is 9.59 Å². The van der Waals surface area contributed by atoms with E-state index in [1.165, 1.54) is 19.3 Å². The predicted molar refractivity (Wildman–Crippen MR) is 164 cm³/mol. The van der Waals surface area contributed by atoms with Crippen LogP contribution in [0.2, 0.25) is 0 Å². The molecule has 3 amide bonds. The Labute approximate surface area is 265 Å². The topological polar surface area (TPSA) is 157 Å². The minimum atomic E-state index is -5.08. The maximum absolute atomic E-state index is 13.1. The molecule has 1 saturated carbocycles. The Balaban J connectivity index is 0.000000617. The number of amides is 3. The van der Waals surface area contributed by atoms with Gasteiger partial charge in [0.15, 0.2) is 0 Å². The van der Waals surface area contributed by atoms with E-state index >= 15 is 0 Å². The lowest BCUT2D eigenvalue weighted by Gasteiger charge is -2.36. The number of carboxylic acids is 1. The molecule has 14 heteroatoms. The summed E-state index contributed by atoms with van der Waals surface area (Å²) in [7, 11) is 1.76. The number of unbranched alkanes of at least 4 members (excludes halogenated alkanes) is 1. The van der Waals surface area contributed by atoms with Gasteiger partial charge in [0.2, 0.25) is 17.7 Å². The van der Waals surface area contributed by atoms with E-state index in [0.717, 1.165) is 81.1 Å². The van der Waals surface area contributed by atoms with E-state index in [1.54, 1.807) is 16.2 Å². The standard InChI is InChI=1S/C30H43N5O4.C2HF3O2/c1-33-27-22(12-7-13-23(27)35(30(33)39)24-14-15-25(36)32-28(24)37)11-6-5-8-20-16-18-34(19-17-20)29(38)26(31)21-9-3-2-4-10-21;3-2(4,5)1(6)7/h7,12-13,20-21,24,26H,2-6,8-11,14-19,31H2,1H3,(H,32,36,37);(H,6,7)/t24?,26-;/m0./s1. The van der Waals surface area contributed by atoms with Crippen molar-refractivity contribution in [2.45, 2.75) is 102 Å². The van der Waals surface area contributed by atoms with Crippen LogP contribution in [0.15, 0.2) is 23.0 Å². The number of aryl methyl sites for hydroxylation is 2. The highest BCUT2D eigenvalue weighted by molar-refractivity contribution is 6.00. The van der Waals surface area contributed by atoms with E-state index in [1.807, 2.05) is 17.0 Å². The first-order valence-corrected chi connectivity index (χ1v) is 16.2. The van der Waals surface area contributed by atoms with Gasteiger partial charge in [0.25, 0.3) is 0 Å². The molecule has 1 unspecified atom stereocenters. The van der Waals surface area contributed by atoms with Gasteiger partial charge in [-0.3, -0.25) is 28.8 Å². The largest absolute Gasteiger partial charge is 0.490 e. The van der Waals surface area contributed by atoms with Crippen LogP contribution in [0.5, 0.6) is 0 Å². The second-order valence-electron chi connectivity index (χ2n) is 12.7. The number of nitrogens with zero attached hydrogens (tertiary/aromatic N) is 3. The molecular formula is C32H44F3N5O6. The van der Waals surface area contributed by atoms with Gasteiger partial charge in [0.1, 0.15) is 6.04 Å². The average molecular weight is 652 g/mol. The summed E-state index contributed by atoms with van der Waals surface area (Å²) < 4.78 is 34.9. The normalized spacial score (nSPS) is 20.6. The number of rotatable bonds is 8. The fraction of sp³-hybridized carbons (Fsp3) is 0.656. The number of aliphatic carboxylic acids is 1. The zero-order chi connectivity index (χ0) is 33.6. The SMILES string of the molecule is Cn1c(=O)n(C2CCC(=O)NC2=O)c2cccc(CCCCC3CCN(C(=O)[C@@H](N)C4CCCCC4)CC3)c21.O=C(O)C(F)(F)F. The van der Waals surface area contributed by atoms with Crippen LogP contribution in [-0.4, -0.2) is 68.1 Å². The Morgan fingerprint density at radius 2 is 1.67 bits per heavy atom. The third kappa shape index (κ3) is 8.37. The van der Waals surface area contributed by atoms with Crippen molar-refractivity contribution in [3.8, 4) is 0 Å². The smallest absolute Gasteiger partial charge is 0.475 e. The quantitative estimate of drug-likeness (QED) is 0.290. The number of carbonyl (C=O) groups is 4. The number of nitrogens with two attached hydrogens (primary N) is 1. The fourth-order valence-corrected chi connectivity index (χ4v) is 7.05. The van der Waals surface area contributed by atoms with Gasteiger partial charge in [0.05, 0.1) is 17.1 Å². The van der Waals surface area contributed by atoms with Gasteiger partial charge in [-0.15, -0.1) is 0 Å². The maximum atomic E-state index is 13.1. The number of benzene rings is 1. The zero-order valence-electron chi connectivity index (χ0n) is 26.2. The predicted octanol–water partition coefficient (Wildman–Crippen LogP) is 3.81. The highest BCUT2D eigenvalue weighted by Gasteiger charge is 2.38. The van der Waals surface area contributed by atoms with Gasteiger partial charge in [0, 0.05) is 26.6 Å². The molecule has 4 N–H and O–H groups in total. The highest BCUT2D eigenvalue weighted by Crippen LogP contribution is 2.29. The summed E-state index contributed by atoms with van der Waals surface area (Å²) in [5, 5.41) is 9.50. The van der Waals surface area contributed by atoms with E-state index in [4.69, 9.17) is 15.6 Å². The third-order valence-electron chi connectivity index (χ3n) is 9.63. The molecule has 3 heterocycles. The monoisotopic (exact) mass is 651 g/mol. The van der Waals surface area contributed by atoms with Crippen LogP contribution in [0, 0.1) is 11.8 Å². The summed E-state index contributed by atoms with van der Waals surface area (Å²) >= 11 is 0. The number of alkyl halides is 3. The molecule has 254 valence electrons. The summed E-state index contributed by atoms with van der Waals surface area (Å²) in [6.07, 6.45) is 7.54. The molecule has 3 fully saturated rings. The molecule has 46 heavy (non-hydrogen) atoms. The summed E-state index contributed by atoms with van der Waals surface area (Å²) in [6, 6.07) is 4.91. The van der Waals surface area contributed by atoms with Crippen LogP contribution in [0.4, 0.5) is 13.2 Å². The molecule has 11 nitrogen and oxygen atoms in total. The zero-order valence-corrected chi connectivity index (χ0v) is 26.2. The van der Waals surface area contributed by atoms with Gasteiger partial charge < -0.3 is 15.7 Å². The molecule has 5 rings (SSSR count). The van der Waals surface area contributed by atoms with Crippen LogP contribution in [-0.2, 0) is 32.6 Å². The molecule has 2 atom stereocenters. The van der Waals surface area contributed by atoms with Gasteiger partial charge in [-0.05, 0) is 68.4 Å². The minimum Gasteiger partial charge on any atom is -0.475 e. The molecule has 2 aliphatic heterocycles. The van der Waals surface area contributed by atoms with Crippen LogP contribution < -0.4 is 16.7 Å². The van der Waals surface area contributed by atoms with Crippen molar-refractivity contribution in [3.05, 3.63) is 34.2 Å². The molecular weight excluding hydrogens is 607 g/mol. The number of hydrogen-bond acceptors (Lipinski definition) is 6. The molecule has 0 radical (unpaired) electrons. The number of imidazole rings is 1. The van der Waals surface area contributed by atoms with Crippen molar-refractivity contribution in [1.82, 2.24) is 19.4 Å². The number of para-hydroxylation sites is 1. The van der Waals surface area contributed by atoms with E-state index < -0.39 is 24.1 Å². The second kappa shape index (κ2) is 15.3. The Hall–Kier alpha value is -3.68. The van der Waals surface area contributed by atoms with Crippen molar-refractivity contribution in [3.63, 3.8) is 0 Å².